The van der Waals surface area contributed by atoms with Gasteiger partial charge in [0.2, 0.25) is 0 Å². The average molecular weight is 355 g/mol. The number of sulfonamides is 1. The third-order valence-corrected chi connectivity index (χ3v) is 4.75. The number of hydrogen-bond acceptors (Lipinski definition) is 4. The van der Waals surface area contributed by atoms with E-state index in [0.717, 1.165) is 5.69 Å². The van der Waals surface area contributed by atoms with Crippen molar-refractivity contribution in [2.75, 3.05) is 30.3 Å². The number of hydrogen-bond donors (Lipinski definition) is 1. The number of halogens is 1. The molecule has 0 saturated heterocycles. The Morgan fingerprint density at radius 2 is 1.78 bits per heavy atom. The van der Waals surface area contributed by atoms with E-state index in [1.165, 1.54) is 12.1 Å². The summed E-state index contributed by atoms with van der Waals surface area (Å²) in [5.74, 6) is 0.628. The van der Waals surface area contributed by atoms with Crippen molar-refractivity contribution in [1.82, 2.24) is 0 Å². The molecule has 2 aromatic carbocycles. The Hall–Kier alpha value is -1.92. The van der Waals surface area contributed by atoms with Gasteiger partial charge >= 0.3 is 0 Å². The maximum atomic E-state index is 12.5. The molecular formula is C16H19ClN2O3S. The Labute approximate surface area is 141 Å². The minimum absolute atomic E-state index is 0.158. The molecule has 0 aliphatic carbocycles. The molecule has 124 valence electrons. The molecule has 0 aliphatic rings. The van der Waals surface area contributed by atoms with Crippen molar-refractivity contribution in [2.24, 2.45) is 0 Å². The number of anilines is 2. The van der Waals surface area contributed by atoms with Gasteiger partial charge in [0.25, 0.3) is 10.0 Å². The monoisotopic (exact) mass is 354 g/mol. The van der Waals surface area contributed by atoms with Crippen LogP contribution < -0.4 is 14.4 Å². The summed E-state index contributed by atoms with van der Waals surface area (Å²) in [6.07, 6.45) is 0. The molecule has 0 atom stereocenters. The molecule has 23 heavy (non-hydrogen) atoms. The van der Waals surface area contributed by atoms with Gasteiger partial charge in [-0.15, -0.1) is 0 Å². The molecule has 0 fully saturated rings. The van der Waals surface area contributed by atoms with Crippen LogP contribution in [0.4, 0.5) is 11.4 Å². The molecule has 1 N–H and O–H groups in total. The first kappa shape index (κ1) is 17.4. The van der Waals surface area contributed by atoms with Gasteiger partial charge in [-0.1, -0.05) is 11.6 Å². The molecular weight excluding hydrogens is 336 g/mol. The van der Waals surface area contributed by atoms with Gasteiger partial charge in [-0.05, 0) is 49.4 Å². The first-order chi connectivity index (χ1) is 10.8. The lowest BCUT2D eigenvalue weighted by atomic mass is 10.2. The van der Waals surface area contributed by atoms with Crippen LogP contribution in [0.15, 0.2) is 47.4 Å². The van der Waals surface area contributed by atoms with Crippen molar-refractivity contribution >= 4 is 33.0 Å². The SMILES string of the molecule is CCOc1ccc(S(=O)(=O)Nc2cc(Cl)ccc2N(C)C)cc1. The fourth-order valence-corrected chi connectivity index (χ4v) is 3.30. The maximum Gasteiger partial charge on any atom is 0.261 e. The molecule has 0 spiro atoms. The minimum Gasteiger partial charge on any atom is -0.494 e. The molecule has 2 rings (SSSR count). The number of rotatable bonds is 6. The predicted octanol–water partition coefficient (Wildman–Crippen LogP) is 3.61. The highest BCUT2D eigenvalue weighted by Gasteiger charge is 2.17. The molecule has 0 aromatic heterocycles. The number of nitrogens with zero attached hydrogens (tertiary/aromatic N) is 1. The largest absolute Gasteiger partial charge is 0.494 e. The van der Waals surface area contributed by atoms with Gasteiger partial charge in [-0.25, -0.2) is 8.42 Å². The minimum atomic E-state index is -3.71. The van der Waals surface area contributed by atoms with Crippen LogP contribution in [0.2, 0.25) is 5.02 Å². The fourth-order valence-electron chi connectivity index (χ4n) is 2.07. The third-order valence-electron chi connectivity index (χ3n) is 3.13. The second-order valence-corrected chi connectivity index (χ2v) is 7.18. The highest BCUT2D eigenvalue weighted by atomic mass is 35.5. The summed E-state index contributed by atoms with van der Waals surface area (Å²) in [7, 11) is -0.0461. The van der Waals surface area contributed by atoms with E-state index in [2.05, 4.69) is 4.72 Å². The van der Waals surface area contributed by atoms with Gasteiger partial charge in [0, 0.05) is 19.1 Å². The molecule has 0 amide bonds. The van der Waals surface area contributed by atoms with E-state index in [1.807, 2.05) is 25.9 Å². The topological polar surface area (TPSA) is 58.6 Å². The van der Waals surface area contributed by atoms with E-state index in [0.29, 0.717) is 23.1 Å². The zero-order valence-electron chi connectivity index (χ0n) is 13.2. The lowest BCUT2D eigenvalue weighted by Crippen LogP contribution is -2.17. The lowest BCUT2D eigenvalue weighted by Gasteiger charge is -2.19. The Bertz CT molecular complexity index is 774. The predicted molar refractivity (Wildman–Crippen MR) is 94.2 cm³/mol. The van der Waals surface area contributed by atoms with Crippen LogP contribution in [0.5, 0.6) is 5.75 Å². The fraction of sp³-hybridized carbons (Fsp3) is 0.250. The zero-order valence-corrected chi connectivity index (χ0v) is 14.8. The van der Waals surface area contributed by atoms with E-state index < -0.39 is 10.0 Å². The van der Waals surface area contributed by atoms with E-state index in [9.17, 15) is 8.42 Å². The molecule has 0 saturated carbocycles. The Balaban J connectivity index is 2.33. The van der Waals surface area contributed by atoms with Crippen molar-refractivity contribution < 1.29 is 13.2 Å². The maximum absolute atomic E-state index is 12.5. The summed E-state index contributed by atoms with van der Waals surface area (Å²) in [6, 6.07) is 11.3. The van der Waals surface area contributed by atoms with Crippen molar-refractivity contribution in [1.29, 1.82) is 0 Å². The van der Waals surface area contributed by atoms with Gasteiger partial charge in [-0.2, -0.15) is 0 Å². The van der Waals surface area contributed by atoms with Crippen LogP contribution >= 0.6 is 11.6 Å². The zero-order chi connectivity index (χ0) is 17.0. The van der Waals surface area contributed by atoms with E-state index >= 15 is 0 Å². The average Bonchev–Trinajstić information content (AvgIpc) is 2.47. The van der Waals surface area contributed by atoms with Crippen LogP contribution in [0.3, 0.4) is 0 Å². The van der Waals surface area contributed by atoms with E-state index in [-0.39, 0.29) is 4.90 Å². The second kappa shape index (κ2) is 7.10. The Morgan fingerprint density at radius 3 is 2.35 bits per heavy atom. The van der Waals surface area contributed by atoms with Gasteiger partial charge in [-0.3, -0.25) is 4.72 Å². The lowest BCUT2D eigenvalue weighted by molar-refractivity contribution is 0.340. The Kier molecular flexibility index (Phi) is 5.38. The number of ether oxygens (including phenoxy) is 1. The molecule has 0 radical (unpaired) electrons. The van der Waals surface area contributed by atoms with Gasteiger partial charge in [0.15, 0.2) is 0 Å². The molecule has 0 heterocycles. The summed E-state index contributed by atoms with van der Waals surface area (Å²) >= 11 is 5.98. The summed E-state index contributed by atoms with van der Waals surface area (Å²) in [4.78, 5) is 1.97. The van der Waals surface area contributed by atoms with Crippen LogP contribution in [0.25, 0.3) is 0 Å². The Morgan fingerprint density at radius 1 is 1.13 bits per heavy atom. The van der Waals surface area contributed by atoms with Crippen LogP contribution in [0.1, 0.15) is 6.92 Å². The van der Waals surface area contributed by atoms with Gasteiger partial charge < -0.3 is 9.64 Å². The molecule has 0 bridgehead atoms. The third kappa shape index (κ3) is 4.30. The highest BCUT2D eigenvalue weighted by Crippen LogP contribution is 2.30. The second-order valence-electron chi connectivity index (χ2n) is 5.07. The molecule has 5 nitrogen and oxygen atoms in total. The van der Waals surface area contributed by atoms with Crippen LogP contribution in [-0.4, -0.2) is 29.1 Å². The first-order valence-corrected chi connectivity index (χ1v) is 8.92. The quantitative estimate of drug-likeness (QED) is 0.861. The van der Waals surface area contributed by atoms with Gasteiger partial charge in [0.05, 0.1) is 22.9 Å². The van der Waals surface area contributed by atoms with Crippen molar-refractivity contribution in [2.45, 2.75) is 11.8 Å². The summed E-state index contributed by atoms with van der Waals surface area (Å²) in [5, 5.41) is 0.458. The normalized spacial score (nSPS) is 11.1. The van der Waals surface area contributed by atoms with Crippen molar-refractivity contribution in [3.8, 4) is 5.75 Å². The smallest absolute Gasteiger partial charge is 0.261 e. The highest BCUT2D eigenvalue weighted by molar-refractivity contribution is 7.92. The van der Waals surface area contributed by atoms with E-state index in [4.69, 9.17) is 16.3 Å². The van der Waals surface area contributed by atoms with Crippen LogP contribution in [-0.2, 0) is 10.0 Å². The molecule has 0 unspecified atom stereocenters. The standard InChI is InChI=1S/C16H19ClN2O3S/c1-4-22-13-6-8-14(9-7-13)23(20,21)18-15-11-12(17)5-10-16(15)19(2)3/h5-11,18H,4H2,1-3H3. The summed E-state index contributed by atoms with van der Waals surface area (Å²) in [6.45, 7) is 2.40. The first-order valence-electron chi connectivity index (χ1n) is 7.06. The molecule has 7 heteroatoms. The number of nitrogens with one attached hydrogen (secondary N) is 1. The summed E-state index contributed by atoms with van der Waals surface area (Å²) < 4.78 is 33.0. The van der Waals surface area contributed by atoms with Crippen molar-refractivity contribution in [3.63, 3.8) is 0 Å². The molecule has 2 aromatic rings. The summed E-state index contributed by atoms with van der Waals surface area (Å²) in [5.41, 5.74) is 1.15. The van der Waals surface area contributed by atoms with Gasteiger partial charge in [0.1, 0.15) is 5.75 Å². The molecule has 0 aliphatic heterocycles. The van der Waals surface area contributed by atoms with Crippen LogP contribution in [0, 0.1) is 0 Å². The number of benzene rings is 2. The van der Waals surface area contributed by atoms with Crippen molar-refractivity contribution in [3.05, 3.63) is 47.5 Å². The van der Waals surface area contributed by atoms with E-state index in [1.54, 1.807) is 30.3 Å².